The molecule has 7 heteroatoms. The fraction of sp³-hybridized carbons (Fsp3) is 0.125. The van der Waals surface area contributed by atoms with Crippen molar-refractivity contribution in [3.05, 3.63) is 29.3 Å². The quantitative estimate of drug-likeness (QED) is 0.550. The van der Waals surface area contributed by atoms with Crippen LogP contribution in [-0.2, 0) is 6.18 Å². The van der Waals surface area contributed by atoms with Crippen LogP contribution in [0.5, 0.6) is 0 Å². The molecule has 0 aromatic heterocycles. The van der Waals surface area contributed by atoms with Gasteiger partial charge >= 0.3 is 13.3 Å². The highest BCUT2D eigenvalue weighted by atomic mass is 19.4. The fourth-order valence-electron chi connectivity index (χ4n) is 1.10. The van der Waals surface area contributed by atoms with E-state index in [2.05, 4.69) is 0 Å². The van der Waals surface area contributed by atoms with E-state index in [0.29, 0.717) is 6.07 Å². The van der Waals surface area contributed by atoms with Crippen molar-refractivity contribution in [1.82, 2.24) is 0 Å². The summed E-state index contributed by atoms with van der Waals surface area (Å²) in [5.74, 6) is 0. The molecule has 0 aliphatic rings. The van der Waals surface area contributed by atoms with Crippen molar-refractivity contribution in [2.75, 3.05) is 0 Å². The Morgan fingerprint density at radius 1 is 1.27 bits per heavy atom. The maximum absolute atomic E-state index is 12.3. The molecule has 0 radical (unpaired) electrons. The van der Waals surface area contributed by atoms with Gasteiger partial charge in [-0.1, -0.05) is 12.1 Å². The van der Waals surface area contributed by atoms with Gasteiger partial charge in [-0.25, -0.2) is 0 Å². The maximum Gasteiger partial charge on any atom is 0.488 e. The van der Waals surface area contributed by atoms with E-state index in [1.807, 2.05) is 0 Å². The lowest BCUT2D eigenvalue weighted by Gasteiger charge is -2.10. The SMILES string of the molecule is O=Cc1cc(B(O)O)ccc1C(F)(F)F. The second-order valence-corrected chi connectivity index (χ2v) is 2.84. The van der Waals surface area contributed by atoms with Gasteiger partial charge in [-0.05, 0) is 11.5 Å². The summed E-state index contributed by atoms with van der Waals surface area (Å²) in [6.45, 7) is 0. The van der Waals surface area contributed by atoms with E-state index in [0.717, 1.165) is 12.1 Å². The Labute approximate surface area is 83.3 Å². The number of carbonyl (C=O) groups excluding carboxylic acids is 1. The van der Waals surface area contributed by atoms with Crippen LogP contribution in [0.3, 0.4) is 0 Å². The zero-order chi connectivity index (χ0) is 11.6. The largest absolute Gasteiger partial charge is 0.488 e. The van der Waals surface area contributed by atoms with E-state index < -0.39 is 24.4 Å². The number of hydrogen-bond acceptors (Lipinski definition) is 3. The molecule has 15 heavy (non-hydrogen) atoms. The third-order valence-corrected chi connectivity index (χ3v) is 1.81. The van der Waals surface area contributed by atoms with Gasteiger partial charge in [-0.2, -0.15) is 13.2 Å². The van der Waals surface area contributed by atoms with E-state index in [1.165, 1.54) is 0 Å². The highest BCUT2D eigenvalue weighted by molar-refractivity contribution is 6.58. The first kappa shape index (κ1) is 11.7. The highest BCUT2D eigenvalue weighted by Gasteiger charge is 2.33. The minimum Gasteiger partial charge on any atom is -0.423 e. The minimum atomic E-state index is -4.63. The molecule has 80 valence electrons. The van der Waals surface area contributed by atoms with E-state index in [1.54, 1.807) is 0 Å². The van der Waals surface area contributed by atoms with Crippen LogP contribution < -0.4 is 5.46 Å². The third kappa shape index (κ3) is 2.57. The van der Waals surface area contributed by atoms with Gasteiger partial charge in [0.15, 0.2) is 6.29 Å². The molecule has 0 aliphatic carbocycles. The summed E-state index contributed by atoms with van der Waals surface area (Å²) < 4.78 is 36.9. The molecule has 0 saturated heterocycles. The lowest BCUT2D eigenvalue weighted by molar-refractivity contribution is -0.137. The monoisotopic (exact) mass is 218 g/mol. The number of benzene rings is 1. The lowest BCUT2D eigenvalue weighted by Crippen LogP contribution is -2.30. The van der Waals surface area contributed by atoms with Crippen molar-refractivity contribution in [2.45, 2.75) is 6.18 Å². The number of rotatable bonds is 2. The Kier molecular flexibility index (Phi) is 3.16. The molecular formula is C8H6BF3O3. The van der Waals surface area contributed by atoms with Crippen molar-refractivity contribution >= 4 is 18.9 Å². The second-order valence-electron chi connectivity index (χ2n) is 2.84. The molecule has 0 amide bonds. The summed E-state index contributed by atoms with van der Waals surface area (Å²) in [5, 5.41) is 17.4. The Hall–Kier alpha value is -1.34. The predicted octanol–water partition coefficient (Wildman–Crippen LogP) is 0.198. The molecule has 0 saturated carbocycles. The van der Waals surface area contributed by atoms with Gasteiger partial charge in [0.25, 0.3) is 0 Å². The van der Waals surface area contributed by atoms with Gasteiger partial charge in [-0.15, -0.1) is 0 Å². The third-order valence-electron chi connectivity index (χ3n) is 1.81. The number of alkyl halides is 3. The summed E-state index contributed by atoms with van der Waals surface area (Å²) in [6.07, 6.45) is -4.61. The van der Waals surface area contributed by atoms with Crippen molar-refractivity contribution in [3.63, 3.8) is 0 Å². The summed E-state index contributed by atoms with van der Waals surface area (Å²) in [6, 6.07) is 2.33. The Bertz CT molecular complexity index is 376. The molecule has 0 atom stereocenters. The molecular weight excluding hydrogens is 212 g/mol. The Morgan fingerprint density at radius 2 is 1.87 bits per heavy atom. The summed E-state index contributed by atoms with van der Waals surface area (Å²) >= 11 is 0. The molecule has 0 fully saturated rings. The van der Waals surface area contributed by atoms with Crippen LogP contribution in [0.1, 0.15) is 15.9 Å². The van der Waals surface area contributed by atoms with Crippen LogP contribution in [-0.4, -0.2) is 23.5 Å². The van der Waals surface area contributed by atoms with Gasteiger partial charge in [0, 0.05) is 5.56 Å². The normalized spacial score (nSPS) is 11.3. The molecule has 1 aromatic carbocycles. The molecule has 2 N–H and O–H groups in total. The summed E-state index contributed by atoms with van der Waals surface area (Å²) in [4.78, 5) is 10.4. The van der Waals surface area contributed by atoms with Gasteiger partial charge < -0.3 is 10.0 Å². The Balaban J connectivity index is 3.27. The van der Waals surface area contributed by atoms with Crippen molar-refractivity contribution in [3.8, 4) is 0 Å². The van der Waals surface area contributed by atoms with Crippen LogP contribution >= 0.6 is 0 Å². The van der Waals surface area contributed by atoms with Crippen molar-refractivity contribution < 1.29 is 28.0 Å². The second kappa shape index (κ2) is 4.04. The minimum absolute atomic E-state index is 0.0225. The number of halogens is 3. The molecule has 0 unspecified atom stereocenters. The average molecular weight is 218 g/mol. The standard InChI is InChI=1S/C8H6BF3O3/c10-8(11,12)7-2-1-6(9(14)15)3-5(7)4-13/h1-4,14-15H. The number of carbonyl (C=O) groups is 1. The lowest BCUT2D eigenvalue weighted by atomic mass is 9.79. The number of aldehydes is 1. The molecule has 0 heterocycles. The van der Waals surface area contributed by atoms with E-state index in [-0.39, 0.29) is 11.7 Å². The van der Waals surface area contributed by atoms with Gasteiger partial charge in [-0.3, -0.25) is 4.79 Å². The van der Waals surface area contributed by atoms with Crippen LogP contribution in [0.4, 0.5) is 13.2 Å². The maximum atomic E-state index is 12.3. The molecule has 1 rings (SSSR count). The smallest absolute Gasteiger partial charge is 0.423 e. The first-order chi connectivity index (χ1) is 6.86. The average Bonchev–Trinajstić information content (AvgIpc) is 2.15. The van der Waals surface area contributed by atoms with Crippen LogP contribution in [0.15, 0.2) is 18.2 Å². The van der Waals surface area contributed by atoms with Crippen LogP contribution in [0, 0.1) is 0 Å². The first-order valence-corrected chi connectivity index (χ1v) is 3.88. The van der Waals surface area contributed by atoms with E-state index >= 15 is 0 Å². The topological polar surface area (TPSA) is 57.5 Å². The van der Waals surface area contributed by atoms with Crippen molar-refractivity contribution in [1.29, 1.82) is 0 Å². The van der Waals surface area contributed by atoms with Crippen LogP contribution in [0.25, 0.3) is 0 Å². The first-order valence-electron chi connectivity index (χ1n) is 3.88. The fourth-order valence-corrected chi connectivity index (χ4v) is 1.10. The zero-order valence-electron chi connectivity index (χ0n) is 7.32. The summed E-state index contributed by atoms with van der Waals surface area (Å²) in [5.41, 5.74) is -1.87. The molecule has 1 aromatic rings. The van der Waals surface area contributed by atoms with Gasteiger partial charge in [0.1, 0.15) is 0 Å². The molecule has 0 aliphatic heterocycles. The van der Waals surface area contributed by atoms with E-state index in [9.17, 15) is 18.0 Å². The molecule has 0 spiro atoms. The van der Waals surface area contributed by atoms with Gasteiger partial charge in [0.2, 0.25) is 0 Å². The van der Waals surface area contributed by atoms with E-state index in [4.69, 9.17) is 10.0 Å². The zero-order valence-corrected chi connectivity index (χ0v) is 7.32. The predicted molar refractivity (Wildman–Crippen MR) is 46.7 cm³/mol. The molecule has 3 nitrogen and oxygen atoms in total. The molecule has 0 bridgehead atoms. The Morgan fingerprint density at radius 3 is 2.27 bits per heavy atom. The number of hydrogen-bond donors (Lipinski definition) is 2. The van der Waals surface area contributed by atoms with Gasteiger partial charge in [0.05, 0.1) is 5.56 Å². The summed E-state index contributed by atoms with van der Waals surface area (Å²) in [7, 11) is -1.90. The van der Waals surface area contributed by atoms with Crippen LogP contribution in [0.2, 0.25) is 0 Å². The highest BCUT2D eigenvalue weighted by Crippen LogP contribution is 2.30. The van der Waals surface area contributed by atoms with Crippen molar-refractivity contribution in [2.24, 2.45) is 0 Å².